The topological polar surface area (TPSA) is 62.3 Å². The number of nitrogens with one attached hydrogen (secondary N) is 1. The highest BCUT2D eigenvalue weighted by molar-refractivity contribution is 6.03. The maximum atomic E-state index is 12.5. The molecule has 5 nitrogen and oxygen atoms in total. The smallest absolute Gasteiger partial charge is 0.229 e. The van der Waals surface area contributed by atoms with Crippen molar-refractivity contribution in [2.75, 3.05) is 16.8 Å². The molecule has 2 heterocycles. The van der Waals surface area contributed by atoms with Crippen LogP contribution in [0.1, 0.15) is 32.8 Å². The molecular weight excluding hydrogens is 314 g/mol. The van der Waals surface area contributed by atoms with Gasteiger partial charge in [-0.25, -0.2) is 0 Å². The molecule has 1 saturated heterocycles. The third-order valence-electron chi connectivity index (χ3n) is 4.47. The molecule has 1 fully saturated rings. The van der Waals surface area contributed by atoms with Crippen molar-refractivity contribution in [1.82, 2.24) is 4.98 Å². The molecule has 1 unspecified atom stereocenters. The first-order valence-electron chi connectivity index (χ1n) is 8.46. The minimum absolute atomic E-state index is 0.0452. The number of hydrogen-bond donors (Lipinski definition) is 1. The number of aromatic nitrogens is 1. The summed E-state index contributed by atoms with van der Waals surface area (Å²) in [6.07, 6.45) is 3.53. The predicted molar refractivity (Wildman–Crippen MR) is 98.5 cm³/mol. The second kappa shape index (κ2) is 6.67. The Hall–Kier alpha value is -2.69. The molecule has 0 radical (unpaired) electrons. The van der Waals surface area contributed by atoms with Crippen LogP contribution < -0.4 is 10.2 Å². The zero-order valence-corrected chi connectivity index (χ0v) is 14.8. The number of carbonyl (C=O) groups excluding carboxylic acids is 2. The van der Waals surface area contributed by atoms with E-state index in [-0.39, 0.29) is 29.6 Å². The number of pyridine rings is 1. The molecule has 130 valence electrons. The maximum Gasteiger partial charge on any atom is 0.229 e. The molecular formula is C20H23N3O2. The Morgan fingerprint density at radius 1 is 1.20 bits per heavy atom. The molecule has 2 amide bonds. The van der Waals surface area contributed by atoms with Crippen LogP contribution in [0, 0.1) is 5.92 Å². The van der Waals surface area contributed by atoms with Crippen LogP contribution in [0.4, 0.5) is 11.4 Å². The van der Waals surface area contributed by atoms with Crippen LogP contribution in [-0.2, 0) is 15.0 Å². The zero-order valence-electron chi connectivity index (χ0n) is 14.8. The monoisotopic (exact) mass is 337 g/mol. The Morgan fingerprint density at radius 2 is 1.92 bits per heavy atom. The average Bonchev–Trinajstić information content (AvgIpc) is 2.97. The molecule has 25 heavy (non-hydrogen) atoms. The quantitative estimate of drug-likeness (QED) is 0.934. The van der Waals surface area contributed by atoms with Crippen molar-refractivity contribution in [3.63, 3.8) is 0 Å². The summed E-state index contributed by atoms with van der Waals surface area (Å²) >= 11 is 0. The lowest BCUT2D eigenvalue weighted by molar-refractivity contribution is -0.122. The summed E-state index contributed by atoms with van der Waals surface area (Å²) in [7, 11) is 0. The molecule has 0 saturated carbocycles. The summed E-state index contributed by atoms with van der Waals surface area (Å²) in [6, 6.07) is 11.5. The lowest BCUT2D eigenvalue weighted by Crippen LogP contribution is -2.28. The van der Waals surface area contributed by atoms with E-state index in [2.05, 4.69) is 31.1 Å². The molecule has 2 aromatic rings. The van der Waals surface area contributed by atoms with E-state index in [0.29, 0.717) is 6.54 Å². The van der Waals surface area contributed by atoms with Gasteiger partial charge in [-0.3, -0.25) is 14.6 Å². The molecule has 1 aromatic heterocycles. The van der Waals surface area contributed by atoms with Gasteiger partial charge in [-0.05, 0) is 35.2 Å². The van der Waals surface area contributed by atoms with E-state index in [4.69, 9.17) is 0 Å². The van der Waals surface area contributed by atoms with E-state index in [1.165, 1.54) is 5.56 Å². The van der Waals surface area contributed by atoms with E-state index in [0.717, 1.165) is 11.4 Å². The highest BCUT2D eigenvalue weighted by Crippen LogP contribution is 2.26. The molecule has 1 N–H and O–H groups in total. The fourth-order valence-electron chi connectivity index (χ4n) is 2.94. The van der Waals surface area contributed by atoms with Gasteiger partial charge in [0.1, 0.15) is 0 Å². The summed E-state index contributed by atoms with van der Waals surface area (Å²) in [5, 5.41) is 2.92. The number of nitrogens with zero attached hydrogens (tertiary/aromatic N) is 2. The minimum atomic E-state index is -0.352. The van der Waals surface area contributed by atoms with Gasteiger partial charge in [-0.2, -0.15) is 0 Å². The standard InChI is InChI=1S/C20H23N3O2/c1-20(2,3)15-6-8-16(9-7-15)22-19(25)14-11-18(24)23(13-14)17-5-4-10-21-12-17/h4-10,12,14H,11,13H2,1-3H3,(H,22,25). The van der Waals surface area contributed by atoms with Gasteiger partial charge in [-0.15, -0.1) is 0 Å². The van der Waals surface area contributed by atoms with Crippen molar-refractivity contribution in [3.05, 3.63) is 54.4 Å². The second-order valence-corrected chi connectivity index (χ2v) is 7.43. The summed E-state index contributed by atoms with van der Waals surface area (Å²) in [4.78, 5) is 30.4. The molecule has 5 heteroatoms. The van der Waals surface area contributed by atoms with E-state index in [1.807, 2.05) is 30.3 Å². The zero-order chi connectivity index (χ0) is 18.0. The van der Waals surface area contributed by atoms with Gasteiger partial charge in [-0.1, -0.05) is 32.9 Å². The van der Waals surface area contributed by atoms with E-state index in [9.17, 15) is 9.59 Å². The fourth-order valence-corrected chi connectivity index (χ4v) is 2.94. The van der Waals surface area contributed by atoms with Gasteiger partial charge in [0, 0.05) is 24.8 Å². The van der Waals surface area contributed by atoms with Gasteiger partial charge in [0.15, 0.2) is 0 Å². The van der Waals surface area contributed by atoms with Gasteiger partial charge >= 0.3 is 0 Å². The van der Waals surface area contributed by atoms with Crippen LogP contribution in [0.2, 0.25) is 0 Å². The molecule has 1 atom stereocenters. The lowest BCUT2D eigenvalue weighted by Gasteiger charge is -2.19. The Labute approximate surface area is 148 Å². The highest BCUT2D eigenvalue weighted by Gasteiger charge is 2.35. The maximum absolute atomic E-state index is 12.5. The van der Waals surface area contributed by atoms with Crippen LogP contribution in [0.15, 0.2) is 48.8 Å². The molecule has 3 rings (SSSR count). The number of carbonyl (C=O) groups is 2. The Kier molecular flexibility index (Phi) is 4.57. The van der Waals surface area contributed by atoms with Crippen molar-refractivity contribution in [2.45, 2.75) is 32.6 Å². The summed E-state index contributed by atoms with van der Waals surface area (Å²) < 4.78 is 0. The van der Waals surface area contributed by atoms with Crippen LogP contribution in [0.3, 0.4) is 0 Å². The highest BCUT2D eigenvalue weighted by atomic mass is 16.2. The van der Waals surface area contributed by atoms with Crippen molar-refractivity contribution in [1.29, 1.82) is 0 Å². The van der Waals surface area contributed by atoms with E-state index in [1.54, 1.807) is 23.4 Å². The molecule has 1 aliphatic heterocycles. The number of hydrogen-bond acceptors (Lipinski definition) is 3. The van der Waals surface area contributed by atoms with E-state index < -0.39 is 0 Å². The van der Waals surface area contributed by atoms with Crippen molar-refractivity contribution in [3.8, 4) is 0 Å². The Bertz CT molecular complexity index is 764. The first-order valence-corrected chi connectivity index (χ1v) is 8.46. The second-order valence-electron chi connectivity index (χ2n) is 7.43. The first-order chi connectivity index (χ1) is 11.8. The fraction of sp³-hybridized carbons (Fsp3) is 0.350. The predicted octanol–water partition coefficient (Wildman–Crippen LogP) is 3.37. The summed E-state index contributed by atoms with van der Waals surface area (Å²) in [5.41, 5.74) is 2.77. The number of anilines is 2. The molecule has 0 aliphatic carbocycles. The van der Waals surface area contributed by atoms with Gasteiger partial charge in [0.05, 0.1) is 17.8 Å². The van der Waals surface area contributed by atoms with E-state index >= 15 is 0 Å². The van der Waals surface area contributed by atoms with Crippen molar-refractivity contribution in [2.24, 2.45) is 5.92 Å². The lowest BCUT2D eigenvalue weighted by atomic mass is 9.87. The van der Waals surface area contributed by atoms with Gasteiger partial charge in [0.2, 0.25) is 11.8 Å². The molecule has 0 bridgehead atoms. The SMILES string of the molecule is CC(C)(C)c1ccc(NC(=O)C2CC(=O)N(c3cccnc3)C2)cc1. The van der Waals surface area contributed by atoms with Crippen molar-refractivity contribution < 1.29 is 9.59 Å². The van der Waals surface area contributed by atoms with Crippen LogP contribution in [-0.4, -0.2) is 23.3 Å². The van der Waals surface area contributed by atoms with Crippen molar-refractivity contribution >= 4 is 23.2 Å². The van der Waals surface area contributed by atoms with Gasteiger partial charge < -0.3 is 10.2 Å². The first kappa shape index (κ1) is 17.1. The minimum Gasteiger partial charge on any atom is -0.326 e. The van der Waals surface area contributed by atoms with Crippen LogP contribution in [0.25, 0.3) is 0 Å². The number of rotatable bonds is 3. The molecule has 0 spiro atoms. The number of amides is 2. The van der Waals surface area contributed by atoms with Crippen LogP contribution in [0.5, 0.6) is 0 Å². The summed E-state index contributed by atoms with van der Waals surface area (Å²) in [6.45, 7) is 6.84. The van der Waals surface area contributed by atoms with Crippen LogP contribution >= 0.6 is 0 Å². The van der Waals surface area contributed by atoms with Gasteiger partial charge in [0.25, 0.3) is 0 Å². The molecule has 1 aliphatic rings. The Balaban J connectivity index is 1.65. The largest absolute Gasteiger partial charge is 0.326 e. The number of benzene rings is 1. The third kappa shape index (κ3) is 3.87. The third-order valence-corrected chi connectivity index (χ3v) is 4.47. The molecule has 1 aromatic carbocycles. The average molecular weight is 337 g/mol. The summed E-state index contributed by atoms with van der Waals surface area (Å²) in [5.74, 6) is -0.519. The Morgan fingerprint density at radius 3 is 2.52 bits per heavy atom. The normalized spacial score (nSPS) is 17.6.